The lowest BCUT2D eigenvalue weighted by atomic mass is 10.2. The van der Waals surface area contributed by atoms with Crippen molar-refractivity contribution in [1.29, 1.82) is 0 Å². The van der Waals surface area contributed by atoms with E-state index < -0.39 is 10.0 Å². The van der Waals surface area contributed by atoms with Crippen LogP contribution >= 0.6 is 23.2 Å². The van der Waals surface area contributed by atoms with Crippen LogP contribution in [0.2, 0.25) is 10.0 Å². The molecule has 1 N–H and O–H groups in total. The molecule has 0 saturated heterocycles. The highest BCUT2D eigenvalue weighted by molar-refractivity contribution is 7.89. The Morgan fingerprint density at radius 2 is 1.63 bits per heavy atom. The molecule has 0 aliphatic rings. The fourth-order valence-electron chi connectivity index (χ4n) is 1.54. The van der Waals surface area contributed by atoms with Crippen LogP contribution in [0.5, 0.6) is 0 Å². The first-order valence-electron chi connectivity index (χ1n) is 5.48. The van der Waals surface area contributed by atoms with Gasteiger partial charge in [-0.2, -0.15) is 0 Å². The summed E-state index contributed by atoms with van der Waals surface area (Å²) in [4.78, 5) is 0.216. The minimum absolute atomic E-state index is 0.0939. The number of nitrogens with one attached hydrogen (secondary N) is 1. The van der Waals surface area contributed by atoms with Crippen LogP contribution in [0.15, 0.2) is 53.4 Å². The highest BCUT2D eigenvalue weighted by atomic mass is 35.5. The summed E-state index contributed by atoms with van der Waals surface area (Å²) in [6.07, 6.45) is 0. The molecule has 6 heteroatoms. The Bertz CT molecular complexity index is 672. The largest absolute Gasteiger partial charge is 0.240 e. The molecule has 0 fully saturated rings. The van der Waals surface area contributed by atoms with Crippen molar-refractivity contribution in [2.24, 2.45) is 0 Å². The van der Waals surface area contributed by atoms with E-state index in [9.17, 15) is 8.42 Å². The number of halogens is 2. The van der Waals surface area contributed by atoms with Crippen LogP contribution in [0, 0.1) is 0 Å². The van der Waals surface area contributed by atoms with Crippen LogP contribution < -0.4 is 4.72 Å². The SMILES string of the molecule is O=S(=O)(NCc1cccc(Cl)c1Cl)c1ccccc1. The lowest BCUT2D eigenvalue weighted by Crippen LogP contribution is -2.23. The van der Waals surface area contributed by atoms with Gasteiger partial charge >= 0.3 is 0 Å². The Kier molecular flexibility index (Phi) is 4.47. The second-order valence-corrected chi connectivity index (χ2v) is 6.40. The van der Waals surface area contributed by atoms with E-state index in [2.05, 4.69) is 4.72 Å². The average Bonchev–Trinajstić information content (AvgIpc) is 2.41. The van der Waals surface area contributed by atoms with Gasteiger partial charge < -0.3 is 0 Å². The number of benzene rings is 2. The third-order valence-corrected chi connectivity index (χ3v) is 4.81. The summed E-state index contributed by atoms with van der Waals surface area (Å²) in [6.45, 7) is 0.0939. The summed E-state index contributed by atoms with van der Waals surface area (Å²) in [7, 11) is -3.54. The lowest BCUT2D eigenvalue weighted by molar-refractivity contribution is 0.581. The van der Waals surface area contributed by atoms with Crippen molar-refractivity contribution in [3.8, 4) is 0 Å². The van der Waals surface area contributed by atoms with E-state index in [4.69, 9.17) is 23.2 Å². The van der Waals surface area contributed by atoms with Gasteiger partial charge in [-0.05, 0) is 23.8 Å². The minimum Gasteiger partial charge on any atom is -0.207 e. The van der Waals surface area contributed by atoms with Gasteiger partial charge in [0.25, 0.3) is 0 Å². The molecule has 0 aliphatic heterocycles. The smallest absolute Gasteiger partial charge is 0.207 e. The second-order valence-electron chi connectivity index (χ2n) is 3.85. The van der Waals surface area contributed by atoms with Crippen molar-refractivity contribution in [3.63, 3.8) is 0 Å². The summed E-state index contributed by atoms with van der Waals surface area (Å²) in [5, 5.41) is 0.762. The third kappa shape index (κ3) is 3.48. The maximum Gasteiger partial charge on any atom is 0.240 e. The zero-order chi connectivity index (χ0) is 13.9. The molecule has 19 heavy (non-hydrogen) atoms. The van der Waals surface area contributed by atoms with Crippen LogP contribution in [0.4, 0.5) is 0 Å². The van der Waals surface area contributed by atoms with Gasteiger partial charge in [0.05, 0.1) is 14.9 Å². The molecule has 100 valence electrons. The van der Waals surface area contributed by atoms with E-state index in [0.717, 1.165) is 0 Å². The van der Waals surface area contributed by atoms with Gasteiger partial charge in [0, 0.05) is 6.54 Å². The molecular weight excluding hydrogens is 305 g/mol. The topological polar surface area (TPSA) is 46.2 Å². The Balaban J connectivity index is 2.17. The second kappa shape index (κ2) is 5.92. The molecule has 0 bridgehead atoms. The molecule has 3 nitrogen and oxygen atoms in total. The number of hydrogen-bond acceptors (Lipinski definition) is 2. The van der Waals surface area contributed by atoms with Gasteiger partial charge in [-0.1, -0.05) is 53.5 Å². The predicted octanol–water partition coefficient (Wildman–Crippen LogP) is 3.47. The molecule has 2 rings (SSSR count). The van der Waals surface area contributed by atoms with E-state index in [0.29, 0.717) is 15.6 Å². The van der Waals surface area contributed by atoms with Crippen LogP contribution in [-0.2, 0) is 16.6 Å². The Hall–Kier alpha value is -1.07. The first kappa shape index (κ1) is 14.3. The molecule has 0 spiro atoms. The zero-order valence-electron chi connectivity index (χ0n) is 9.81. The van der Waals surface area contributed by atoms with E-state index in [1.165, 1.54) is 12.1 Å². The zero-order valence-corrected chi connectivity index (χ0v) is 12.1. The van der Waals surface area contributed by atoms with E-state index in [-0.39, 0.29) is 11.4 Å². The molecule has 0 aromatic heterocycles. The van der Waals surface area contributed by atoms with Gasteiger partial charge in [-0.3, -0.25) is 0 Å². The average molecular weight is 316 g/mol. The predicted molar refractivity (Wildman–Crippen MR) is 76.9 cm³/mol. The van der Waals surface area contributed by atoms with Crippen molar-refractivity contribution >= 4 is 33.2 Å². The molecule has 2 aromatic rings. The van der Waals surface area contributed by atoms with Crippen molar-refractivity contribution in [2.45, 2.75) is 11.4 Å². The van der Waals surface area contributed by atoms with Crippen LogP contribution in [0.25, 0.3) is 0 Å². The summed E-state index contributed by atoms with van der Waals surface area (Å²) in [6, 6.07) is 13.2. The number of rotatable bonds is 4. The maximum absolute atomic E-state index is 12.0. The van der Waals surface area contributed by atoms with Crippen LogP contribution in [0.1, 0.15) is 5.56 Å². The highest BCUT2D eigenvalue weighted by Gasteiger charge is 2.14. The maximum atomic E-state index is 12.0. The van der Waals surface area contributed by atoms with E-state index in [1.54, 1.807) is 36.4 Å². The Labute approximate surface area is 122 Å². The highest BCUT2D eigenvalue weighted by Crippen LogP contribution is 2.25. The third-order valence-electron chi connectivity index (χ3n) is 2.54. The normalized spacial score (nSPS) is 11.5. The first-order chi connectivity index (χ1) is 9.00. The molecule has 0 aliphatic carbocycles. The lowest BCUT2D eigenvalue weighted by Gasteiger charge is -2.08. The fraction of sp³-hybridized carbons (Fsp3) is 0.0769. The molecule has 0 saturated carbocycles. The molecule has 0 unspecified atom stereocenters. The molecule has 0 radical (unpaired) electrons. The quantitative estimate of drug-likeness (QED) is 0.939. The monoisotopic (exact) mass is 315 g/mol. The van der Waals surface area contributed by atoms with Crippen molar-refractivity contribution < 1.29 is 8.42 Å². The molecular formula is C13H11Cl2NO2S. The standard InChI is InChI=1S/C13H11Cl2NO2S/c14-12-8-4-5-10(13(12)15)9-16-19(17,18)11-6-2-1-3-7-11/h1-8,16H,9H2. The van der Waals surface area contributed by atoms with Gasteiger partial charge in [-0.25, -0.2) is 13.1 Å². The first-order valence-corrected chi connectivity index (χ1v) is 7.72. The fourth-order valence-corrected chi connectivity index (χ4v) is 2.96. The van der Waals surface area contributed by atoms with Crippen molar-refractivity contribution in [3.05, 3.63) is 64.1 Å². The number of hydrogen-bond donors (Lipinski definition) is 1. The van der Waals surface area contributed by atoms with E-state index >= 15 is 0 Å². The summed E-state index contributed by atoms with van der Waals surface area (Å²) in [5.41, 5.74) is 0.633. The Morgan fingerprint density at radius 1 is 0.947 bits per heavy atom. The van der Waals surface area contributed by atoms with Gasteiger partial charge in [0.15, 0.2) is 0 Å². The van der Waals surface area contributed by atoms with Crippen LogP contribution in [-0.4, -0.2) is 8.42 Å². The van der Waals surface area contributed by atoms with Crippen LogP contribution in [0.3, 0.4) is 0 Å². The molecule has 0 amide bonds. The van der Waals surface area contributed by atoms with Gasteiger partial charge in [-0.15, -0.1) is 0 Å². The van der Waals surface area contributed by atoms with Gasteiger partial charge in [0.1, 0.15) is 0 Å². The minimum atomic E-state index is -3.54. The van der Waals surface area contributed by atoms with Gasteiger partial charge in [0.2, 0.25) is 10.0 Å². The summed E-state index contributed by atoms with van der Waals surface area (Å²) >= 11 is 11.9. The van der Waals surface area contributed by atoms with E-state index in [1.807, 2.05) is 0 Å². The van der Waals surface area contributed by atoms with Crippen molar-refractivity contribution in [2.75, 3.05) is 0 Å². The number of sulfonamides is 1. The molecule has 0 atom stereocenters. The summed E-state index contributed by atoms with van der Waals surface area (Å²) in [5.74, 6) is 0. The summed E-state index contributed by atoms with van der Waals surface area (Å²) < 4.78 is 26.5. The molecule has 0 heterocycles. The Morgan fingerprint density at radius 3 is 2.32 bits per heavy atom. The molecule has 2 aromatic carbocycles. The van der Waals surface area contributed by atoms with Crippen molar-refractivity contribution in [1.82, 2.24) is 4.72 Å².